The standard InChI is InChI=1S/C25H41NO2/c1-16(2)9-12-28-18-14-20-23-17(3)13-21-25(5,11-8-22(27)26(21)6)19(23)7-10-24(20,4)15-18/h9,17-21,23H,7-8,10-15H2,1-6H3/t17?,18?,19-,20+,21?,23-,24-,25-/m1/s1. The highest BCUT2D eigenvalue weighted by atomic mass is 16.5. The SMILES string of the molecule is CC(C)=CCOC1C[C@H]2[C@@H]3C(C)CC4N(C)C(=O)CC[C@]4(C)[C@@H]3CC[C@]2(C)C1. The fraction of sp³-hybridized carbons (Fsp3) is 0.880. The summed E-state index contributed by atoms with van der Waals surface area (Å²) in [4.78, 5) is 14.5. The van der Waals surface area contributed by atoms with Crippen LogP contribution < -0.4 is 0 Å². The maximum Gasteiger partial charge on any atom is 0.222 e. The normalized spacial score (nSPS) is 47.9. The molecule has 8 atom stereocenters. The number of fused-ring (bicyclic) bond motifs is 5. The van der Waals surface area contributed by atoms with E-state index < -0.39 is 0 Å². The molecule has 28 heavy (non-hydrogen) atoms. The third-order valence-corrected chi connectivity index (χ3v) is 9.48. The van der Waals surface area contributed by atoms with Gasteiger partial charge in [0.05, 0.1) is 12.7 Å². The van der Waals surface area contributed by atoms with Gasteiger partial charge in [-0.05, 0) is 86.9 Å². The van der Waals surface area contributed by atoms with E-state index in [-0.39, 0.29) is 0 Å². The van der Waals surface area contributed by atoms with Gasteiger partial charge in [0.1, 0.15) is 0 Å². The molecule has 1 saturated heterocycles. The molecule has 0 bridgehead atoms. The van der Waals surface area contributed by atoms with Crippen LogP contribution in [0.25, 0.3) is 0 Å². The van der Waals surface area contributed by atoms with E-state index >= 15 is 0 Å². The summed E-state index contributed by atoms with van der Waals surface area (Å²) in [5.74, 6) is 3.43. The summed E-state index contributed by atoms with van der Waals surface area (Å²) in [6.45, 7) is 12.6. The van der Waals surface area contributed by atoms with Gasteiger partial charge in [0.15, 0.2) is 0 Å². The van der Waals surface area contributed by atoms with Crippen LogP contribution in [0.1, 0.15) is 79.6 Å². The van der Waals surface area contributed by atoms with Crippen molar-refractivity contribution in [2.45, 2.75) is 91.7 Å². The molecule has 3 unspecified atom stereocenters. The zero-order valence-corrected chi connectivity index (χ0v) is 19.0. The number of amides is 1. The van der Waals surface area contributed by atoms with Gasteiger partial charge in [-0.1, -0.05) is 32.4 Å². The van der Waals surface area contributed by atoms with Crippen molar-refractivity contribution in [3.05, 3.63) is 11.6 Å². The number of allylic oxidation sites excluding steroid dienone is 1. The fourth-order valence-electron chi connectivity index (χ4n) is 7.93. The zero-order chi connectivity index (χ0) is 20.3. The highest BCUT2D eigenvalue weighted by Gasteiger charge is 2.62. The predicted molar refractivity (Wildman–Crippen MR) is 114 cm³/mol. The molecular formula is C25H41NO2. The van der Waals surface area contributed by atoms with Crippen molar-refractivity contribution in [1.82, 2.24) is 4.90 Å². The largest absolute Gasteiger partial charge is 0.374 e. The van der Waals surface area contributed by atoms with Gasteiger partial charge in [-0.3, -0.25) is 4.79 Å². The van der Waals surface area contributed by atoms with Crippen molar-refractivity contribution in [2.75, 3.05) is 13.7 Å². The lowest BCUT2D eigenvalue weighted by Crippen LogP contribution is -2.62. The predicted octanol–water partition coefficient (Wildman–Crippen LogP) is 5.45. The second-order valence-electron chi connectivity index (χ2n) is 11.4. The Hall–Kier alpha value is -0.830. The van der Waals surface area contributed by atoms with E-state index in [1.807, 2.05) is 0 Å². The number of hydrogen-bond acceptors (Lipinski definition) is 2. The number of rotatable bonds is 3. The Kier molecular flexibility index (Phi) is 5.22. The Morgan fingerprint density at radius 2 is 1.96 bits per heavy atom. The topological polar surface area (TPSA) is 29.5 Å². The minimum absolute atomic E-state index is 0.308. The van der Waals surface area contributed by atoms with Crippen LogP contribution in [0.3, 0.4) is 0 Å². The third-order valence-electron chi connectivity index (χ3n) is 9.48. The van der Waals surface area contributed by atoms with Crippen LogP contribution in [-0.2, 0) is 9.53 Å². The van der Waals surface area contributed by atoms with Gasteiger partial charge in [-0.25, -0.2) is 0 Å². The van der Waals surface area contributed by atoms with Gasteiger partial charge < -0.3 is 9.64 Å². The molecule has 4 aliphatic rings. The summed E-state index contributed by atoms with van der Waals surface area (Å²) in [6, 6.07) is 0.445. The molecule has 0 aromatic carbocycles. The number of ether oxygens (including phenoxy) is 1. The van der Waals surface area contributed by atoms with E-state index in [0.717, 1.165) is 37.2 Å². The van der Waals surface area contributed by atoms with Crippen LogP contribution in [0, 0.1) is 34.5 Å². The smallest absolute Gasteiger partial charge is 0.222 e. The van der Waals surface area contributed by atoms with Gasteiger partial charge in [0.25, 0.3) is 0 Å². The first kappa shape index (κ1) is 20.4. The molecule has 158 valence electrons. The minimum atomic E-state index is 0.308. The van der Waals surface area contributed by atoms with E-state index in [1.54, 1.807) is 0 Å². The van der Waals surface area contributed by atoms with Gasteiger partial charge in [0.2, 0.25) is 5.91 Å². The lowest BCUT2D eigenvalue weighted by atomic mass is 9.45. The number of piperidine rings is 1. The van der Waals surface area contributed by atoms with Crippen molar-refractivity contribution in [1.29, 1.82) is 0 Å². The first-order valence-electron chi connectivity index (χ1n) is 11.7. The van der Waals surface area contributed by atoms with Gasteiger partial charge in [-0.15, -0.1) is 0 Å². The highest BCUT2D eigenvalue weighted by Crippen LogP contribution is 2.66. The maximum atomic E-state index is 12.4. The van der Waals surface area contributed by atoms with E-state index in [2.05, 4.69) is 52.6 Å². The monoisotopic (exact) mass is 387 g/mol. The third kappa shape index (κ3) is 3.16. The van der Waals surface area contributed by atoms with E-state index in [1.165, 1.54) is 37.7 Å². The molecule has 3 aliphatic carbocycles. The van der Waals surface area contributed by atoms with Gasteiger partial charge in [-0.2, -0.15) is 0 Å². The molecule has 3 heteroatoms. The Morgan fingerprint density at radius 1 is 1.21 bits per heavy atom. The van der Waals surface area contributed by atoms with Crippen LogP contribution in [0.2, 0.25) is 0 Å². The molecule has 3 nitrogen and oxygen atoms in total. The van der Waals surface area contributed by atoms with E-state index in [4.69, 9.17) is 4.74 Å². The first-order valence-corrected chi connectivity index (χ1v) is 11.7. The van der Waals surface area contributed by atoms with Crippen molar-refractivity contribution in [3.63, 3.8) is 0 Å². The molecule has 0 radical (unpaired) electrons. The lowest BCUT2D eigenvalue weighted by molar-refractivity contribution is -0.164. The van der Waals surface area contributed by atoms with Crippen LogP contribution in [0.4, 0.5) is 0 Å². The quantitative estimate of drug-likeness (QED) is 0.603. The van der Waals surface area contributed by atoms with Crippen molar-refractivity contribution in [2.24, 2.45) is 34.5 Å². The zero-order valence-electron chi connectivity index (χ0n) is 19.0. The summed E-state index contributed by atoms with van der Waals surface area (Å²) >= 11 is 0. The second kappa shape index (κ2) is 7.15. The van der Waals surface area contributed by atoms with E-state index in [9.17, 15) is 4.79 Å². The minimum Gasteiger partial charge on any atom is -0.374 e. The molecule has 1 heterocycles. The van der Waals surface area contributed by atoms with Crippen LogP contribution in [-0.4, -0.2) is 36.6 Å². The van der Waals surface area contributed by atoms with Gasteiger partial charge >= 0.3 is 0 Å². The number of nitrogens with zero attached hydrogens (tertiary/aromatic N) is 1. The molecule has 1 amide bonds. The number of likely N-dealkylation sites (tertiary alicyclic amines) is 1. The number of hydrogen-bond donors (Lipinski definition) is 0. The Morgan fingerprint density at radius 3 is 2.68 bits per heavy atom. The Labute approximate surface area is 172 Å². The first-order chi connectivity index (χ1) is 13.2. The Balaban J connectivity index is 1.55. The molecule has 4 fully saturated rings. The highest BCUT2D eigenvalue weighted by molar-refractivity contribution is 5.77. The number of carbonyl (C=O) groups is 1. The molecule has 0 aromatic rings. The summed E-state index contributed by atoms with van der Waals surface area (Å²) in [5, 5.41) is 0. The summed E-state index contributed by atoms with van der Waals surface area (Å²) in [5.41, 5.74) is 2.10. The molecule has 1 aliphatic heterocycles. The summed E-state index contributed by atoms with van der Waals surface area (Å²) in [7, 11) is 2.06. The average Bonchev–Trinajstić information content (AvgIpc) is 2.96. The Bertz CT molecular complexity index is 653. The molecule has 4 rings (SSSR count). The van der Waals surface area contributed by atoms with Crippen molar-refractivity contribution in [3.8, 4) is 0 Å². The molecule has 3 saturated carbocycles. The van der Waals surface area contributed by atoms with Crippen LogP contribution in [0.15, 0.2) is 11.6 Å². The van der Waals surface area contributed by atoms with Crippen molar-refractivity contribution < 1.29 is 9.53 Å². The average molecular weight is 388 g/mol. The fourth-order valence-corrected chi connectivity index (χ4v) is 7.93. The van der Waals surface area contributed by atoms with E-state index in [0.29, 0.717) is 34.8 Å². The molecular weight excluding hydrogens is 346 g/mol. The van der Waals surface area contributed by atoms with Crippen LogP contribution >= 0.6 is 0 Å². The van der Waals surface area contributed by atoms with Crippen molar-refractivity contribution >= 4 is 5.91 Å². The summed E-state index contributed by atoms with van der Waals surface area (Å²) in [6.07, 6.45) is 10.9. The lowest BCUT2D eigenvalue weighted by Gasteiger charge is -2.63. The molecule has 0 aromatic heterocycles. The van der Waals surface area contributed by atoms with Crippen LogP contribution in [0.5, 0.6) is 0 Å². The van der Waals surface area contributed by atoms with Gasteiger partial charge in [0, 0.05) is 19.5 Å². The maximum absolute atomic E-state index is 12.4. The second-order valence-corrected chi connectivity index (χ2v) is 11.4. The number of carbonyl (C=O) groups excluding carboxylic acids is 1. The summed E-state index contributed by atoms with van der Waals surface area (Å²) < 4.78 is 6.32. The molecule has 0 N–H and O–H groups in total. The molecule has 0 spiro atoms.